The summed E-state index contributed by atoms with van der Waals surface area (Å²) in [6.45, 7) is 4.05. The smallest absolute Gasteiger partial charge is 0.180 e. The Morgan fingerprint density at radius 1 is 1.22 bits per heavy atom. The SMILES string of the molecule is Cc1cnc(-c2nc(Cl)c3c(n2)CSC3)c(C)c1. The van der Waals surface area contributed by atoms with E-state index < -0.39 is 0 Å². The monoisotopic (exact) mass is 277 g/mol. The van der Waals surface area contributed by atoms with Crippen LogP contribution in [0.3, 0.4) is 0 Å². The quantitative estimate of drug-likeness (QED) is 0.747. The van der Waals surface area contributed by atoms with Crippen LogP contribution in [0.25, 0.3) is 11.5 Å². The molecule has 0 unspecified atom stereocenters. The van der Waals surface area contributed by atoms with Crippen LogP contribution in [0, 0.1) is 13.8 Å². The third kappa shape index (κ3) is 1.99. The number of aromatic nitrogens is 3. The van der Waals surface area contributed by atoms with Gasteiger partial charge in [-0.15, -0.1) is 0 Å². The van der Waals surface area contributed by atoms with Crippen molar-refractivity contribution in [2.75, 3.05) is 0 Å². The van der Waals surface area contributed by atoms with Crippen LogP contribution < -0.4 is 0 Å². The topological polar surface area (TPSA) is 38.7 Å². The molecule has 2 aromatic heterocycles. The fourth-order valence-corrected chi connectivity index (χ4v) is 3.44. The van der Waals surface area contributed by atoms with Crippen molar-refractivity contribution >= 4 is 23.4 Å². The van der Waals surface area contributed by atoms with E-state index in [1.165, 1.54) is 0 Å². The molecule has 3 heterocycles. The summed E-state index contributed by atoms with van der Waals surface area (Å²) in [6.07, 6.45) is 1.83. The summed E-state index contributed by atoms with van der Waals surface area (Å²) < 4.78 is 0. The van der Waals surface area contributed by atoms with Gasteiger partial charge in [0.2, 0.25) is 0 Å². The fraction of sp³-hybridized carbons (Fsp3) is 0.308. The predicted molar refractivity (Wildman–Crippen MR) is 74.7 cm³/mol. The van der Waals surface area contributed by atoms with Crippen molar-refractivity contribution in [3.63, 3.8) is 0 Å². The number of rotatable bonds is 1. The van der Waals surface area contributed by atoms with Crippen LogP contribution >= 0.6 is 23.4 Å². The highest BCUT2D eigenvalue weighted by Crippen LogP contribution is 2.34. The van der Waals surface area contributed by atoms with Crippen LogP contribution in [-0.2, 0) is 11.5 Å². The van der Waals surface area contributed by atoms with Crippen molar-refractivity contribution in [2.24, 2.45) is 0 Å². The lowest BCUT2D eigenvalue weighted by Crippen LogP contribution is -2.00. The van der Waals surface area contributed by atoms with E-state index in [9.17, 15) is 0 Å². The number of hydrogen-bond donors (Lipinski definition) is 0. The van der Waals surface area contributed by atoms with Crippen LogP contribution in [0.15, 0.2) is 12.3 Å². The second-order valence-electron chi connectivity index (χ2n) is 4.43. The van der Waals surface area contributed by atoms with Crippen LogP contribution in [0.1, 0.15) is 22.4 Å². The van der Waals surface area contributed by atoms with Crippen molar-refractivity contribution < 1.29 is 0 Å². The highest BCUT2D eigenvalue weighted by atomic mass is 35.5. The number of thioether (sulfide) groups is 1. The molecule has 0 radical (unpaired) electrons. The Bertz CT molecular complexity index is 628. The molecule has 0 atom stereocenters. The van der Waals surface area contributed by atoms with E-state index in [0.29, 0.717) is 11.0 Å². The number of halogens is 1. The second kappa shape index (κ2) is 4.52. The van der Waals surface area contributed by atoms with E-state index >= 15 is 0 Å². The van der Waals surface area contributed by atoms with Gasteiger partial charge in [0.1, 0.15) is 10.8 Å². The maximum atomic E-state index is 6.22. The lowest BCUT2D eigenvalue weighted by atomic mass is 10.1. The van der Waals surface area contributed by atoms with Gasteiger partial charge in [-0.2, -0.15) is 11.8 Å². The molecule has 0 aliphatic carbocycles. The van der Waals surface area contributed by atoms with E-state index in [1.54, 1.807) is 0 Å². The molecule has 0 saturated carbocycles. The molecule has 2 aromatic rings. The summed E-state index contributed by atoms with van der Waals surface area (Å²) >= 11 is 8.04. The molecular formula is C13H12ClN3S. The van der Waals surface area contributed by atoms with Crippen molar-refractivity contribution in [3.8, 4) is 11.5 Å². The standard InChI is InChI=1S/C13H12ClN3S/c1-7-3-8(2)11(15-4-7)13-16-10-6-18-5-9(10)12(14)17-13/h3-4H,5-6H2,1-2H3. The van der Waals surface area contributed by atoms with Gasteiger partial charge in [0.25, 0.3) is 0 Å². The maximum absolute atomic E-state index is 6.22. The predicted octanol–water partition coefficient (Wildman–Crippen LogP) is 3.56. The number of nitrogens with zero attached hydrogens (tertiary/aromatic N) is 3. The van der Waals surface area contributed by atoms with E-state index in [-0.39, 0.29) is 0 Å². The number of pyridine rings is 1. The maximum Gasteiger partial charge on any atom is 0.180 e. The molecule has 92 valence electrons. The van der Waals surface area contributed by atoms with Crippen LogP contribution in [0.2, 0.25) is 5.15 Å². The third-order valence-electron chi connectivity index (χ3n) is 2.95. The molecule has 0 amide bonds. The molecule has 0 bridgehead atoms. The van der Waals surface area contributed by atoms with Gasteiger partial charge >= 0.3 is 0 Å². The second-order valence-corrected chi connectivity index (χ2v) is 5.78. The highest BCUT2D eigenvalue weighted by molar-refractivity contribution is 7.98. The molecule has 0 fully saturated rings. The summed E-state index contributed by atoms with van der Waals surface area (Å²) in [5.74, 6) is 2.46. The first-order valence-electron chi connectivity index (χ1n) is 5.72. The van der Waals surface area contributed by atoms with E-state index in [1.807, 2.05) is 31.8 Å². The van der Waals surface area contributed by atoms with E-state index in [0.717, 1.165) is 39.6 Å². The van der Waals surface area contributed by atoms with Gasteiger partial charge in [-0.3, -0.25) is 4.98 Å². The van der Waals surface area contributed by atoms with Gasteiger partial charge in [-0.25, -0.2) is 9.97 Å². The zero-order chi connectivity index (χ0) is 12.7. The molecular weight excluding hydrogens is 266 g/mol. The summed E-state index contributed by atoms with van der Waals surface area (Å²) in [4.78, 5) is 13.4. The largest absolute Gasteiger partial charge is 0.252 e. The van der Waals surface area contributed by atoms with Gasteiger partial charge in [0.15, 0.2) is 5.82 Å². The zero-order valence-corrected chi connectivity index (χ0v) is 11.8. The Hall–Kier alpha value is -1.13. The Morgan fingerprint density at radius 2 is 2.06 bits per heavy atom. The lowest BCUT2D eigenvalue weighted by molar-refractivity contribution is 1.05. The molecule has 3 rings (SSSR count). The van der Waals surface area contributed by atoms with Gasteiger partial charge in [0.05, 0.1) is 5.69 Å². The van der Waals surface area contributed by atoms with Crippen LogP contribution in [0.4, 0.5) is 0 Å². The zero-order valence-electron chi connectivity index (χ0n) is 10.2. The first-order valence-corrected chi connectivity index (χ1v) is 7.25. The molecule has 18 heavy (non-hydrogen) atoms. The summed E-state index contributed by atoms with van der Waals surface area (Å²) in [5, 5.41) is 0.571. The first-order chi connectivity index (χ1) is 8.65. The minimum atomic E-state index is 0.571. The molecule has 5 heteroatoms. The fourth-order valence-electron chi connectivity index (χ4n) is 2.07. The average Bonchev–Trinajstić information content (AvgIpc) is 2.77. The minimum absolute atomic E-state index is 0.571. The Labute approximate surface area is 115 Å². The summed E-state index contributed by atoms with van der Waals surface area (Å²) in [7, 11) is 0. The molecule has 3 nitrogen and oxygen atoms in total. The number of fused-ring (bicyclic) bond motifs is 1. The Balaban J connectivity index is 2.15. The van der Waals surface area contributed by atoms with E-state index in [2.05, 4.69) is 21.0 Å². The number of aryl methyl sites for hydroxylation is 2. The van der Waals surface area contributed by atoms with Gasteiger partial charge in [-0.1, -0.05) is 17.7 Å². The van der Waals surface area contributed by atoms with Crippen molar-refractivity contribution in [1.29, 1.82) is 0 Å². The van der Waals surface area contributed by atoms with Gasteiger partial charge in [0, 0.05) is 23.3 Å². The average molecular weight is 278 g/mol. The third-order valence-corrected chi connectivity index (χ3v) is 4.24. The van der Waals surface area contributed by atoms with Crippen LogP contribution in [-0.4, -0.2) is 15.0 Å². The molecule has 0 N–H and O–H groups in total. The molecule has 0 aromatic carbocycles. The molecule has 0 spiro atoms. The summed E-state index contributed by atoms with van der Waals surface area (Å²) in [6, 6.07) is 2.08. The number of hydrogen-bond acceptors (Lipinski definition) is 4. The lowest BCUT2D eigenvalue weighted by Gasteiger charge is -2.07. The molecule has 1 aliphatic heterocycles. The molecule has 1 aliphatic rings. The van der Waals surface area contributed by atoms with Crippen LogP contribution in [0.5, 0.6) is 0 Å². The highest BCUT2D eigenvalue weighted by Gasteiger charge is 2.20. The Morgan fingerprint density at radius 3 is 2.83 bits per heavy atom. The van der Waals surface area contributed by atoms with Crippen molar-refractivity contribution in [1.82, 2.24) is 15.0 Å². The van der Waals surface area contributed by atoms with Gasteiger partial charge in [-0.05, 0) is 25.0 Å². The Kier molecular flexibility index (Phi) is 2.99. The molecule has 0 saturated heterocycles. The van der Waals surface area contributed by atoms with Crippen molar-refractivity contribution in [3.05, 3.63) is 39.8 Å². The first kappa shape index (κ1) is 11.9. The van der Waals surface area contributed by atoms with Crippen molar-refractivity contribution in [2.45, 2.75) is 25.4 Å². The van der Waals surface area contributed by atoms with Gasteiger partial charge < -0.3 is 0 Å². The normalized spacial score (nSPS) is 13.7. The minimum Gasteiger partial charge on any atom is -0.252 e. The van der Waals surface area contributed by atoms with E-state index in [4.69, 9.17) is 11.6 Å². The summed E-state index contributed by atoms with van der Waals surface area (Å²) in [5.41, 5.74) is 5.17.